The van der Waals surface area contributed by atoms with Gasteiger partial charge in [-0.2, -0.15) is 0 Å². The van der Waals surface area contributed by atoms with Crippen molar-refractivity contribution in [3.05, 3.63) is 97.1 Å². The Morgan fingerprint density at radius 1 is 1.02 bits per heavy atom. The Bertz CT molecular complexity index is 1820. The zero-order valence-electron chi connectivity index (χ0n) is 20.7. The van der Waals surface area contributed by atoms with Crippen molar-refractivity contribution >= 4 is 85.6 Å². The Morgan fingerprint density at radius 2 is 1.80 bits per heavy atom. The van der Waals surface area contributed by atoms with E-state index in [2.05, 4.69) is 10.3 Å². The van der Waals surface area contributed by atoms with E-state index in [1.165, 1.54) is 52.6 Å². The van der Waals surface area contributed by atoms with Crippen molar-refractivity contribution < 1.29 is 19.4 Å². The smallest absolute Gasteiger partial charge is 0.283 e. The number of non-ortho nitro benzene ring substituents is 1. The van der Waals surface area contributed by atoms with Gasteiger partial charge in [0, 0.05) is 18.2 Å². The van der Waals surface area contributed by atoms with Crippen LogP contribution in [0.4, 0.5) is 17.1 Å². The summed E-state index contributed by atoms with van der Waals surface area (Å²) in [6.45, 7) is 3.74. The molecule has 1 aliphatic heterocycles. The highest BCUT2D eigenvalue weighted by molar-refractivity contribution is 8.01. The molecule has 200 valence electrons. The molecule has 0 bridgehead atoms. The topological polar surface area (TPSA) is 149 Å². The average molecular weight is 592 g/mol. The number of rotatable bonds is 6. The van der Waals surface area contributed by atoms with Crippen molar-refractivity contribution in [3.8, 4) is 0 Å². The predicted octanol–water partition coefficient (Wildman–Crippen LogP) is 5.71. The fraction of sp³-hybridized carbons (Fsp3) is 0.0769. The fourth-order valence-electron chi connectivity index (χ4n) is 4.10. The minimum Gasteiger partial charge on any atom is -0.298 e. The second kappa shape index (κ2) is 10.6. The molecule has 1 fully saturated rings. The maximum absolute atomic E-state index is 13.4. The van der Waals surface area contributed by atoms with E-state index in [4.69, 9.17) is 12.2 Å². The molecule has 2 amide bonds. The van der Waals surface area contributed by atoms with E-state index in [0.717, 1.165) is 22.9 Å². The molecule has 4 aromatic rings. The third-order valence-electron chi connectivity index (χ3n) is 5.95. The number of fused-ring (bicyclic) bond motifs is 1. The number of nitro groups is 2. The largest absolute Gasteiger partial charge is 0.298 e. The minimum atomic E-state index is -0.708. The molecule has 11 nitrogen and oxygen atoms in total. The summed E-state index contributed by atoms with van der Waals surface area (Å²) in [5, 5.41) is 25.5. The minimum absolute atomic E-state index is 0.0574. The molecule has 5 rings (SSSR count). The number of thiazole rings is 1. The van der Waals surface area contributed by atoms with Crippen molar-refractivity contribution in [3.63, 3.8) is 0 Å². The van der Waals surface area contributed by atoms with Crippen LogP contribution in [0.5, 0.6) is 0 Å². The maximum Gasteiger partial charge on any atom is 0.283 e. The number of benzene rings is 3. The molecule has 2 heterocycles. The van der Waals surface area contributed by atoms with Crippen LogP contribution in [-0.2, 0) is 9.59 Å². The number of thiocarbonyl (C=S) groups is 1. The first-order valence-electron chi connectivity index (χ1n) is 11.5. The summed E-state index contributed by atoms with van der Waals surface area (Å²) in [5.74, 6) is -1.36. The molecule has 1 saturated heterocycles. The van der Waals surface area contributed by atoms with Gasteiger partial charge in [-0.05, 0) is 61.5 Å². The molecule has 0 spiro atoms. The molecule has 3 aromatic carbocycles. The summed E-state index contributed by atoms with van der Waals surface area (Å²) in [6.07, 6.45) is 1.29. The van der Waals surface area contributed by atoms with Gasteiger partial charge in [0.25, 0.3) is 23.2 Å². The van der Waals surface area contributed by atoms with Crippen LogP contribution in [0.2, 0.25) is 0 Å². The molecule has 0 saturated carbocycles. The summed E-state index contributed by atoms with van der Waals surface area (Å²) in [5.41, 5.74) is 2.55. The van der Waals surface area contributed by atoms with Crippen LogP contribution in [0, 0.1) is 34.1 Å². The summed E-state index contributed by atoms with van der Waals surface area (Å²) < 4.78 is 1.04. The number of hydrogen-bond acceptors (Lipinski definition) is 10. The van der Waals surface area contributed by atoms with Gasteiger partial charge in [-0.3, -0.25) is 40.0 Å². The molecule has 0 atom stereocenters. The molecule has 0 radical (unpaired) electrons. The lowest BCUT2D eigenvalue weighted by Gasteiger charge is -2.30. The van der Waals surface area contributed by atoms with Gasteiger partial charge in [0.15, 0.2) is 9.45 Å². The number of nitrogens with one attached hydrogen (secondary N) is 1. The lowest BCUT2D eigenvalue weighted by Crippen LogP contribution is -2.54. The Morgan fingerprint density at radius 3 is 2.50 bits per heavy atom. The third-order valence-corrected chi connectivity index (χ3v) is 8.37. The Labute approximate surface area is 239 Å². The summed E-state index contributed by atoms with van der Waals surface area (Å²) in [4.78, 5) is 53.9. The third kappa shape index (κ3) is 5.19. The molecule has 14 heteroatoms. The molecule has 0 unspecified atom stereocenters. The molecule has 1 aromatic heterocycles. The number of nitro benzene ring substituents is 2. The number of aromatic nitrogens is 1. The van der Waals surface area contributed by atoms with Crippen LogP contribution in [-0.4, -0.2) is 31.8 Å². The van der Waals surface area contributed by atoms with E-state index in [0.29, 0.717) is 20.2 Å². The second-order valence-corrected chi connectivity index (χ2v) is 11.4. The Hall–Kier alpha value is -4.53. The standard InChI is InChI=1S/C26H17N5O6S3/c1-13-3-7-19(14(2)9-13)29-24(33)17(23(32)28-25(29)38)10-15-4-8-21(20(11-15)31(36)37)39-26-27-18-6-5-16(30(34)35)12-22(18)40-26/h3-12H,1-2H3,(H,28,32,38)/b17-10+. The lowest BCUT2D eigenvalue weighted by molar-refractivity contribution is -0.387. The van der Waals surface area contributed by atoms with E-state index in [1.807, 2.05) is 26.0 Å². The highest BCUT2D eigenvalue weighted by atomic mass is 32.2. The number of amides is 2. The zero-order chi connectivity index (χ0) is 28.7. The number of anilines is 1. The van der Waals surface area contributed by atoms with Gasteiger partial charge in [0.2, 0.25) is 0 Å². The van der Waals surface area contributed by atoms with E-state index >= 15 is 0 Å². The molecule has 40 heavy (non-hydrogen) atoms. The van der Waals surface area contributed by atoms with Crippen molar-refractivity contribution in [1.82, 2.24) is 10.3 Å². The molecule has 1 aliphatic rings. The van der Waals surface area contributed by atoms with Crippen LogP contribution in [0.1, 0.15) is 16.7 Å². The highest BCUT2D eigenvalue weighted by Gasteiger charge is 2.35. The van der Waals surface area contributed by atoms with E-state index in [1.54, 1.807) is 12.1 Å². The Balaban J connectivity index is 1.47. The first-order chi connectivity index (χ1) is 19.0. The Kier molecular flexibility index (Phi) is 7.14. The number of hydrogen-bond donors (Lipinski definition) is 1. The normalized spacial score (nSPS) is 14.6. The van der Waals surface area contributed by atoms with Crippen LogP contribution < -0.4 is 10.2 Å². The first-order valence-corrected chi connectivity index (χ1v) is 13.6. The highest BCUT2D eigenvalue weighted by Crippen LogP contribution is 2.40. The fourth-order valence-corrected chi connectivity index (χ4v) is 6.51. The van der Waals surface area contributed by atoms with Crippen LogP contribution in [0.15, 0.2) is 69.4 Å². The lowest BCUT2D eigenvalue weighted by atomic mass is 10.0. The van der Waals surface area contributed by atoms with Crippen molar-refractivity contribution in [2.24, 2.45) is 0 Å². The molecular weight excluding hydrogens is 575 g/mol. The van der Waals surface area contributed by atoms with Gasteiger partial charge in [0.1, 0.15) is 5.57 Å². The monoisotopic (exact) mass is 591 g/mol. The van der Waals surface area contributed by atoms with Gasteiger partial charge in [-0.15, -0.1) is 11.3 Å². The summed E-state index contributed by atoms with van der Waals surface area (Å²) in [6, 6.07) is 14.0. The predicted molar refractivity (Wildman–Crippen MR) is 156 cm³/mol. The SMILES string of the molecule is Cc1ccc(N2C(=O)/C(=C/c3ccc(Sc4nc5ccc([N+](=O)[O-])cc5s4)c([N+](=O)[O-])c3)C(=O)NC2=S)c(C)c1. The van der Waals surface area contributed by atoms with Gasteiger partial charge in [-0.25, -0.2) is 4.98 Å². The first kappa shape index (κ1) is 27.1. The number of aryl methyl sites for hydroxylation is 2. The van der Waals surface area contributed by atoms with E-state index in [-0.39, 0.29) is 32.5 Å². The molecule has 1 N–H and O–H groups in total. The van der Waals surface area contributed by atoms with Gasteiger partial charge in [0.05, 0.1) is 30.6 Å². The van der Waals surface area contributed by atoms with Crippen LogP contribution >= 0.6 is 35.3 Å². The quantitative estimate of drug-likeness (QED) is 0.0978. The molecule has 0 aliphatic carbocycles. The van der Waals surface area contributed by atoms with Gasteiger partial charge >= 0.3 is 0 Å². The van der Waals surface area contributed by atoms with Crippen molar-refractivity contribution in [2.45, 2.75) is 23.1 Å². The average Bonchev–Trinajstić information content (AvgIpc) is 3.29. The number of nitrogens with zero attached hydrogens (tertiary/aromatic N) is 4. The van der Waals surface area contributed by atoms with Crippen LogP contribution in [0.3, 0.4) is 0 Å². The zero-order valence-corrected chi connectivity index (χ0v) is 23.2. The maximum atomic E-state index is 13.4. The van der Waals surface area contributed by atoms with E-state index in [9.17, 15) is 29.8 Å². The summed E-state index contributed by atoms with van der Waals surface area (Å²) in [7, 11) is 0. The number of carbonyl (C=O) groups excluding carboxylic acids is 2. The summed E-state index contributed by atoms with van der Waals surface area (Å²) >= 11 is 7.48. The van der Waals surface area contributed by atoms with Crippen LogP contribution in [0.25, 0.3) is 16.3 Å². The van der Waals surface area contributed by atoms with Gasteiger partial charge < -0.3 is 0 Å². The number of carbonyl (C=O) groups is 2. The van der Waals surface area contributed by atoms with Gasteiger partial charge in [-0.1, -0.05) is 35.5 Å². The molecular formula is C26H17N5O6S3. The van der Waals surface area contributed by atoms with Crippen molar-refractivity contribution in [2.75, 3.05) is 4.90 Å². The van der Waals surface area contributed by atoms with E-state index < -0.39 is 21.7 Å². The van der Waals surface area contributed by atoms with Crippen molar-refractivity contribution in [1.29, 1.82) is 0 Å². The second-order valence-electron chi connectivity index (χ2n) is 8.72.